The van der Waals surface area contributed by atoms with Gasteiger partial charge in [0.2, 0.25) is 0 Å². The van der Waals surface area contributed by atoms with Gasteiger partial charge < -0.3 is 9.80 Å². The Morgan fingerprint density at radius 1 is 1.04 bits per heavy atom. The topological polar surface area (TPSA) is 23.6 Å². The predicted octanol–water partition coefficient (Wildman–Crippen LogP) is 3.97. The minimum Gasteiger partial charge on any atom is -0.337 e. The monoisotopic (exact) mass is 352 g/mol. The van der Waals surface area contributed by atoms with E-state index < -0.39 is 0 Å². The van der Waals surface area contributed by atoms with Crippen LogP contribution in [0.3, 0.4) is 0 Å². The van der Waals surface area contributed by atoms with Crippen molar-refractivity contribution in [3.63, 3.8) is 0 Å². The number of carbonyl (C=O) groups excluding carboxylic acids is 1. The first kappa shape index (κ1) is 17.2. The van der Waals surface area contributed by atoms with Gasteiger partial charge in [-0.2, -0.15) is 0 Å². The zero-order valence-corrected chi connectivity index (χ0v) is 15.4. The van der Waals surface area contributed by atoms with E-state index in [9.17, 15) is 9.18 Å². The Labute approximate surface area is 154 Å². The molecule has 0 spiro atoms. The van der Waals surface area contributed by atoms with Crippen molar-refractivity contribution in [2.75, 3.05) is 26.7 Å². The maximum Gasteiger partial charge on any atom is 0.253 e. The third kappa shape index (κ3) is 3.26. The summed E-state index contributed by atoms with van der Waals surface area (Å²) in [5.74, 6) is 0.488. The third-order valence-corrected chi connectivity index (χ3v) is 5.91. The predicted molar refractivity (Wildman–Crippen MR) is 102 cm³/mol. The first-order valence-electron chi connectivity index (χ1n) is 9.37. The van der Waals surface area contributed by atoms with E-state index in [0.717, 1.165) is 41.9 Å². The Morgan fingerprint density at radius 2 is 1.81 bits per heavy atom. The van der Waals surface area contributed by atoms with E-state index in [0.29, 0.717) is 12.0 Å². The van der Waals surface area contributed by atoms with Crippen LogP contribution in [-0.2, 0) is 0 Å². The number of likely N-dealkylation sites (N-methyl/N-ethyl adjacent to an activating group) is 1. The van der Waals surface area contributed by atoms with Crippen molar-refractivity contribution in [1.82, 2.24) is 9.80 Å². The number of halogens is 1. The lowest BCUT2D eigenvalue weighted by Gasteiger charge is -2.32. The van der Waals surface area contributed by atoms with Gasteiger partial charge in [-0.1, -0.05) is 18.2 Å². The molecule has 0 aromatic heterocycles. The fraction of sp³-hybridized carbons (Fsp3) is 0.409. The van der Waals surface area contributed by atoms with E-state index in [1.165, 1.54) is 25.0 Å². The second-order valence-corrected chi connectivity index (χ2v) is 7.78. The molecule has 0 aliphatic carbocycles. The fourth-order valence-electron chi connectivity index (χ4n) is 4.41. The molecular weight excluding hydrogens is 327 g/mol. The van der Waals surface area contributed by atoms with Gasteiger partial charge in [0.05, 0.1) is 0 Å². The standard InChI is InChI=1S/C22H25FN2O/c1-15-11-19(23)8-10-21(15)17-4-6-18(7-5-17)22(26)25-13-16-3-9-20(14-25)24(2)12-16/h4-8,10-11,16,20H,3,9,12-14H2,1-2H3/t16-,20-/m0/s1. The first-order chi connectivity index (χ1) is 12.5. The molecule has 0 radical (unpaired) electrons. The highest BCUT2D eigenvalue weighted by atomic mass is 19.1. The van der Waals surface area contributed by atoms with E-state index in [2.05, 4.69) is 11.9 Å². The minimum atomic E-state index is -0.223. The number of benzene rings is 2. The smallest absolute Gasteiger partial charge is 0.253 e. The lowest BCUT2D eigenvalue weighted by Crippen LogP contribution is -2.41. The molecule has 3 aliphatic heterocycles. The van der Waals surface area contributed by atoms with Crippen molar-refractivity contribution in [3.05, 3.63) is 59.4 Å². The molecule has 1 amide bonds. The molecule has 3 fully saturated rings. The highest BCUT2D eigenvalue weighted by Gasteiger charge is 2.34. The Kier molecular flexibility index (Phi) is 4.53. The largest absolute Gasteiger partial charge is 0.337 e. The summed E-state index contributed by atoms with van der Waals surface area (Å²) in [7, 11) is 2.17. The normalized spacial score (nSPS) is 23.1. The van der Waals surface area contributed by atoms with E-state index in [-0.39, 0.29) is 11.7 Å². The lowest BCUT2D eigenvalue weighted by molar-refractivity contribution is 0.0742. The van der Waals surface area contributed by atoms with Crippen LogP contribution in [0.1, 0.15) is 28.8 Å². The Bertz CT molecular complexity index is 817. The van der Waals surface area contributed by atoms with Gasteiger partial charge >= 0.3 is 0 Å². The van der Waals surface area contributed by atoms with Gasteiger partial charge in [0, 0.05) is 31.2 Å². The lowest BCUT2D eigenvalue weighted by atomic mass is 9.96. The van der Waals surface area contributed by atoms with Crippen LogP contribution < -0.4 is 0 Å². The Morgan fingerprint density at radius 3 is 2.50 bits per heavy atom. The summed E-state index contributed by atoms with van der Waals surface area (Å²) in [6.45, 7) is 4.68. The van der Waals surface area contributed by atoms with Crippen LogP contribution in [0.4, 0.5) is 4.39 Å². The van der Waals surface area contributed by atoms with Crippen molar-refractivity contribution in [2.24, 2.45) is 5.92 Å². The van der Waals surface area contributed by atoms with Crippen molar-refractivity contribution in [3.8, 4) is 11.1 Å². The van der Waals surface area contributed by atoms with Crippen LogP contribution in [0, 0.1) is 18.7 Å². The summed E-state index contributed by atoms with van der Waals surface area (Å²) in [6.07, 6.45) is 2.41. The number of amides is 1. The van der Waals surface area contributed by atoms with Crippen LogP contribution in [0.2, 0.25) is 0 Å². The molecule has 3 nitrogen and oxygen atoms in total. The third-order valence-electron chi connectivity index (χ3n) is 5.91. The summed E-state index contributed by atoms with van der Waals surface area (Å²) >= 11 is 0. The van der Waals surface area contributed by atoms with Gasteiger partial charge in [-0.05, 0) is 73.7 Å². The molecule has 2 atom stereocenters. The van der Waals surface area contributed by atoms with Crippen molar-refractivity contribution in [1.29, 1.82) is 0 Å². The number of piperidine rings is 1. The molecule has 2 bridgehead atoms. The van der Waals surface area contributed by atoms with Crippen LogP contribution in [0.15, 0.2) is 42.5 Å². The molecule has 5 rings (SSSR count). The average Bonchev–Trinajstić information content (AvgIpc) is 2.93. The maximum absolute atomic E-state index is 13.3. The van der Waals surface area contributed by atoms with Crippen LogP contribution in [0.5, 0.6) is 0 Å². The number of carbonyl (C=O) groups is 1. The van der Waals surface area contributed by atoms with Gasteiger partial charge in [-0.25, -0.2) is 4.39 Å². The highest BCUT2D eigenvalue weighted by molar-refractivity contribution is 5.94. The average molecular weight is 352 g/mol. The zero-order valence-electron chi connectivity index (χ0n) is 15.4. The molecule has 26 heavy (non-hydrogen) atoms. The summed E-state index contributed by atoms with van der Waals surface area (Å²) in [5.41, 5.74) is 3.64. The molecule has 2 aromatic rings. The highest BCUT2D eigenvalue weighted by Crippen LogP contribution is 2.28. The molecule has 3 heterocycles. The van der Waals surface area contributed by atoms with Gasteiger partial charge in [-0.3, -0.25) is 4.79 Å². The molecule has 2 aromatic carbocycles. The number of fused-ring (bicyclic) bond motifs is 4. The van der Waals surface area contributed by atoms with Gasteiger partial charge in [0.15, 0.2) is 0 Å². The van der Waals surface area contributed by atoms with Crippen molar-refractivity contribution in [2.45, 2.75) is 25.8 Å². The molecule has 4 heteroatoms. The number of aryl methyl sites for hydroxylation is 1. The number of hydrogen-bond acceptors (Lipinski definition) is 2. The van der Waals surface area contributed by atoms with Crippen molar-refractivity contribution < 1.29 is 9.18 Å². The molecule has 0 N–H and O–H groups in total. The van der Waals surface area contributed by atoms with Gasteiger partial charge in [0.1, 0.15) is 5.82 Å². The van der Waals surface area contributed by atoms with Crippen LogP contribution >= 0.6 is 0 Å². The fourth-order valence-corrected chi connectivity index (χ4v) is 4.41. The number of hydrogen-bond donors (Lipinski definition) is 0. The first-order valence-corrected chi connectivity index (χ1v) is 9.37. The number of rotatable bonds is 2. The Hall–Kier alpha value is -2.20. The SMILES string of the molecule is Cc1cc(F)ccc1-c1ccc(C(=O)N2C[C@H]3CC[C@@H](C2)N(C)C3)cc1. The Balaban J connectivity index is 1.54. The molecule has 3 aliphatic rings. The van der Waals surface area contributed by atoms with Gasteiger partial charge in [0.25, 0.3) is 5.91 Å². The van der Waals surface area contributed by atoms with Gasteiger partial charge in [-0.15, -0.1) is 0 Å². The molecule has 0 unspecified atom stereocenters. The van der Waals surface area contributed by atoms with Crippen LogP contribution in [-0.4, -0.2) is 48.4 Å². The summed E-state index contributed by atoms with van der Waals surface area (Å²) in [6, 6.07) is 13.0. The second kappa shape index (κ2) is 6.84. The second-order valence-electron chi connectivity index (χ2n) is 7.78. The van der Waals surface area contributed by atoms with E-state index in [4.69, 9.17) is 0 Å². The van der Waals surface area contributed by atoms with Crippen molar-refractivity contribution >= 4 is 5.91 Å². The van der Waals surface area contributed by atoms with Crippen LogP contribution in [0.25, 0.3) is 11.1 Å². The van der Waals surface area contributed by atoms with E-state index in [1.807, 2.05) is 36.1 Å². The maximum atomic E-state index is 13.3. The molecule has 136 valence electrons. The molecular formula is C22H25FN2O. The summed E-state index contributed by atoms with van der Waals surface area (Å²) in [5, 5.41) is 0. The summed E-state index contributed by atoms with van der Waals surface area (Å²) < 4.78 is 13.3. The van der Waals surface area contributed by atoms with E-state index >= 15 is 0 Å². The quantitative estimate of drug-likeness (QED) is 0.817. The number of nitrogens with zero attached hydrogens (tertiary/aromatic N) is 2. The van der Waals surface area contributed by atoms with E-state index in [1.54, 1.807) is 6.07 Å². The summed E-state index contributed by atoms with van der Waals surface area (Å²) in [4.78, 5) is 17.4. The molecule has 0 saturated carbocycles. The minimum absolute atomic E-state index is 0.125. The molecule has 3 saturated heterocycles. The zero-order chi connectivity index (χ0) is 18.3.